The molecule has 1 aliphatic carbocycles. The average Bonchev–Trinajstić information content (AvgIpc) is 2.77. The van der Waals surface area contributed by atoms with Gasteiger partial charge in [-0.2, -0.15) is 11.8 Å². The second-order valence-corrected chi connectivity index (χ2v) is 5.11. The summed E-state index contributed by atoms with van der Waals surface area (Å²) < 4.78 is 0. The molecule has 0 aliphatic heterocycles. The number of thioether (sulfide) groups is 1. The van der Waals surface area contributed by atoms with Crippen molar-refractivity contribution in [1.29, 1.82) is 0 Å². The molecule has 16 heavy (non-hydrogen) atoms. The van der Waals surface area contributed by atoms with Gasteiger partial charge in [-0.1, -0.05) is 0 Å². The molecule has 1 heterocycles. The Balaban J connectivity index is 1.83. The molecule has 0 aromatic carbocycles. The molecule has 88 valence electrons. The zero-order chi connectivity index (χ0) is 11.2. The second-order valence-electron chi connectivity index (χ2n) is 4.13. The van der Waals surface area contributed by atoms with E-state index in [0.717, 1.165) is 25.2 Å². The van der Waals surface area contributed by atoms with Crippen LogP contribution in [0, 0.1) is 0 Å². The molecule has 0 amide bonds. The van der Waals surface area contributed by atoms with Crippen molar-refractivity contribution in [2.75, 3.05) is 23.9 Å². The number of hydrogen-bond acceptors (Lipinski definition) is 4. The summed E-state index contributed by atoms with van der Waals surface area (Å²) in [7, 11) is 0. The normalized spacial score (nSPS) is 13.8. The number of hydrogen-bond donors (Lipinski definition) is 1. The van der Waals surface area contributed by atoms with Crippen LogP contribution in [0.15, 0.2) is 6.33 Å². The highest BCUT2D eigenvalue weighted by atomic mass is 32.2. The number of aromatic nitrogens is 2. The Morgan fingerprint density at radius 2 is 2.25 bits per heavy atom. The third kappa shape index (κ3) is 2.88. The van der Waals surface area contributed by atoms with E-state index in [1.165, 1.54) is 36.3 Å². The highest BCUT2D eigenvalue weighted by molar-refractivity contribution is 7.98. The highest BCUT2D eigenvalue weighted by Crippen LogP contribution is 2.24. The summed E-state index contributed by atoms with van der Waals surface area (Å²) in [5.41, 5.74) is 2.61. The van der Waals surface area contributed by atoms with Gasteiger partial charge >= 0.3 is 0 Å². The molecule has 1 aliphatic rings. The Kier molecular flexibility index (Phi) is 4.45. The van der Waals surface area contributed by atoms with Crippen molar-refractivity contribution in [3.8, 4) is 0 Å². The molecule has 0 fully saturated rings. The van der Waals surface area contributed by atoms with Gasteiger partial charge in [0, 0.05) is 17.8 Å². The van der Waals surface area contributed by atoms with E-state index in [0.29, 0.717) is 0 Å². The molecule has 2 rings (SSSR count). The summed E-state index contributed by atoms with van der Waals surface area (Å²) in [5, 5.41) is 3.44. The smallest absolute Gasteiger partial charge is 0.132 e. The third-order valence-corrected chi connectivity index (χ3v) is 3.64. The summed E-state index contributed by atoms with van der Waals surface area (Å²) in [6.45, 7) is 1.03. The summed E-state index contributed by atoms with van der Waals surface area (Å²) in [4.78, 5) is 8.66. The molecular formula is C12H19N3S. The van der Waals surface area contributed by atoms with E-state index in [9.17, 15) is 0 Å². The molecule has 0 saturated heterocycles. The molecule has 0 bridgehead atoms. The maximum absolute atomic E-state index is 4.34. The molecule has 0 saturated carbocycles. The largest absolute Gasteiger partial charge is 0.370 e. The van der Waals surface area contributed by atoms with Gasteiger partial charge < -0.3 is 5.32 Å². The van der Waals surface area contributed by atoms with E-state index in [1.54, 1.807) is 6.33 Å². The van der Waals surface area contributed by atoms with Gasteiger partial charge in [0.2, 0.25) is 0 Å². The maximum atomic E-state index is 4.34. The fourth-order valence-corrected chi connectivity index (χ4v) is 2.58. The first-order valence-corrected chi connectivity index (χ1v) is 7.37. The van der Waals surface area contributed by atoms with E-state index in [-0.39, 0.29) is 0 Å². The van der Waals surface area contributed by atoms with Gasteiger partial charge in [-0.05, 0) is 44.1 Å². The monoisotopic (exact) mass is 237 g/mol. The number of nitrogens with zero attached hydrogens (tertiary/aromatic N) is 2. The fraction of sp³-hybridized carbons (Fsp3) is 0.667. The first-order chi connectivity index (χ1) is 7.92. The minimum absolute atomic E-state index is 1.03. The predicted octanol–water partition coefficient (Wildman–Crippen LogP) is 2.52. The van der Waals surface area contributed by atoms with Crippen LogP contribution >= 0.6 is 11.8 Å². The third-order valence-electron chi connectivity index (χ3n) is 2.94. The predicted molar refractivity (Wildman–Crippen MR) is 70.2 cm³/mol. The molecule has 1 aromatic heterocycles. The molecule has 0 spiro atoms. The van der Waals surface area contributed by atoms with Gasteiger partial charge in [-0.25, -0.2) is 9.97 Å². The van der Waals surface area contributed by atoms with E-state index in [1.807, 2.05) is 11.8 Å². The Hall–Kier alpha value is -0.770. The Labute approximate surface area is 101 Å². The standard InChI is InChI=1S/C12H19N3S/c1-16-8-3-2-7-13-12-10-5-4-6-11(10)14-9-15-12/h9H,2-8H2,1H3,(H,13,14,15). The van der Waals surface area contributed by atoms with Gasteiger partial charge in [0.05, 0.1) is 0 Å². The van der Waals surface area contributed by atoms with Crippen molar-refractivity contribution in [3.63, 3.8) is 0 Å². The second kappa shape index (κ2) is 6.09. The first kappa shape index (κ1) is 11.7. The maximum Gasteiger partial charge on any atom is 0.132 e. The fourth-order valence-electron chi connectivity index (χ4n) is 2.09. The van der Waals surface area contributed by atoms with Gasteiger partial charge in [0.15, 0.2) is 0 Å². The molecule has 0 atom stereocenters. The Bertz CT molecular complexity index is 341. The van der Waals surface area contributed by atoms with Crippen LogP contribution < -0.4 is 5.32 Å². The average molecular weight is 237 g/mol. The lowest BCUT2D eigenvalue weighted by Gasteiger charge is -2.08. The molecule has 3 nitrogen and oxygen atoms in total. The van der Waals surface area contributed by atoms with Gasteiger partial charge in [0.1, 0.15) is 12.1 Å². The zero-order valence-corrected chi connectivity index (χ0v) is 10.6. The molecule has 0 radical (unpaired) electrons. The molecular weight excluding hydrogens is 218 g/mol. The first-order valence-electron chi connectivity index (χ1n) is 5.97. The van der Waals surface area contributed by atoms with E-state index in [4.69, 9.17) is 0 Å². The molecule has 4 heteroatoms. The van der Waals surface area contributed by atoms with Crippen LogP contribution in [0.3, 0.4) is 0 Å². The highest BCUT2D eigenvalue weighted by Gasteiger charge is 2.16. The minimum atomic E-state index is 1.03. The van der Waals surface area contributed by atoms with E-state index in [2.05, 4.69) is 21.5 Å². The van der Waals surface area contributed by atoms with Gasteiger partial charge in [0.25, 0.3) is 0 Å². The van der Waals surface area contributed by atoms with Crippen molar-refractivity contribution in [2.24, 2.45) is 0 Å². The minimum Gasteiger partial charge on any atom is -0.370 e. The summed E-state index contributed by atoms with van der Waals surface area (Å²) in [6, 6.07) is 0. The molecule has 1 aromatic rings. The van der Waals surface area contributed by atoms with Gasteiger partial charge in [-0.3, -0.25) is 0 Å². The quantitative estimate of drug-likeness (QED) is 0.772. The van der Waals surface area contributed by atoms with Crippen LogP contribution in [0.2, 0.25) is 0 Å². The van der Waals surface area contributed by atoms with Crippen molar-refractivity contribution in [1.82, 2.24) is 9.97 Å². The topological polar surface area (TPSA) is 37.8 Å². The Morgan fingerprint density at radius 1 is 1.31 bits per heavy atom. The van der Waals surface area contributed by atoms with Crippen molar-refractivity contribution in [3.05, 3.63) is 17.6 Å². The SMILES string of the molecule is CSCCCCNc1ncnc2c1CCC2. The van der Waals surface area contributed by atoms with Crippen LogP contribution in [0.25, 0.3) is 0 Å². The van der Waals surface area contributed by atoms with Crippen molar-refractivity contribution >= 4 is 17.6 Å². The number of rotatable bonds is 6. The van der Waals surface area contributed by atoms with Crippen LogP contribution in [-0.2, 0) is 12.8 Å². The number of aryl methyl sites for hydroxylation is 1. The number of nitrogens with one attached hydrogen (secondary N) is 1. The van der Waals surface area contributed by atoms with Crippen LogP contribution in [-0.4, -0.2) is 28.5 Å². The Morgan fingerprint density at radius 3 is 3.12 bits per heavy atom. The summed E-state index contributed by atoms with van der Waals surface area (Å²) in [6.07, 6.45) is 9.84. The van der Waals surface area contributed by atoms with Crippen molar-refractivity contribution in [2.45, 2.75) is 32.1 Å². The van der Waals surface area contributed by atoms with Gasteiger partial charge in [-0.15, -0.1) is 0 Å². The molecule has 1 N–H and O–H groups in total. The van der Waals surface area contributed by atoms with Crippen molar-refractivity contribution < 1.29 is 0 Å². The lowest BCUT2D eigenvalue weighted by Crippen LogP contribution is -2.07. The van der Waals surface area contributed by atoms with E-state index < -0.39 is 0 Å². The number of anilines is 1. The van der Waals surface area contributed by atoms with Crippen LogP contribution in [0.1, 0.15) is 30.5 Å². The zero-order valence-electron chi connectivity index (χ0n) is 9.83. The van der Waals surface area contributed by atoms with Crippen LogP contribution in [0.5, 0.6) is 0 Å². The van der Waals surface area contributed by atoms with Crippen LogP contribution in [0.4, 0.5) is 5.82 Å². The molecule has 0 unspecified atom stereocenters. The summed E-state index contributed by atoms with van der Waals surface area (Å²) >= 11 is 1.91. The number of fused-ring (bicyclic) bond motifs is 1. The lowest BCUT2D eigenvalue weighted by atomic mass is 10.2. The van der Waals surface area contributed by atoms with E-state index >= 15 is 0 Å². The lowest BCUT2D eigenvalue weighted by molar-refractivity contribution is 0.836. The summed E-state index contributed by atoms with van der Waals surface area (Å²) in [5.74, 6) is 2.33. The number of unbranched alkanes of at least 4 members (excludes halogenated alkanes) is 1.